The van der Waals surface area contributed by atoms with Gasteiger partial charge in [-0.2, -0.15) is 0 Å². The molecule has 0 aromatic rings. The number of hydrogen-bond donors (Lipinski definition) is 1. The zero-order valence-electron chi connectivity index (χ0n) is 12.2. The Morgan fingerprint density at radius 1 is 1.32 bits per heavy atom. The molecule has 0 unspecified atom stereocenters. The van der Waals surface area contributed by atoms with Gasteiger partial charge in [0.2, 0.25) is 15.9 Å². The lowest BCUT2D eigenvalue weighted by molar-refractivity contribution is -0.118. The van der Waals surface area contributed by atoms with Crippen LogP contribution in [0, 0.1) is 11.8 Å². The second-order valence-corrected chi connectivity index (χ2v) is 8.00. The highest BCUT2D eigenvalue weighted by atomic mass is 32.2. The van der Waals surface area contributed by atoms with Gasteiger partial charge < -0.3 is 5.32 Å². The quantitative estimate of drug-likeness (QED) is 0.799. The Kier molecular flexibility index (Phi) is 6.26. The van der Waals surface area contributed by atoms with Crippen LogP contribution in [0.1, 0.15) is 39.0 Å². The van der Waals surface area contributed by atoms with E-state index in [9.17, 15) is 13.2 Å². The van der Waals surface area contributed by atoms with E-state index in [1.54, 1.807) is 0 Å². The third-order valence-electron chi connectivity index (χ3n) is 3.79. The second kappa shape index (κ2) is 7.24. The first-order valence-electron chi connectivity index (χ1n) is 6.98. The van der Waals surface area contributed by atoms with Crippen LogP contribution in [0.25, 0.3) is 0 Å². The van der Waals surface area contributed by atoms with Crippen molar-refractivity contribution in [2.75, 3.05) is 26.4 Å². The molecule has 0 radical (unpaired) electrons. The summed E-state index contributed by atoms with van der Waals surface area (Å²) in [5.74, 6) is 0.594. The standard InChI is InChI=1S/C13H26N2O3S/c1-11-5-4-6-12(9-11)7-8-14-13(16)10-19(17,18)15(2)3/h11-12H,4-10H2,1-3H3,(H,14,16)/t11-,12+/m0/s1. The Morgan fingerprint density at radius 2 is 2.00 bits per heavy atom. The summed E-state index contributed by atoms with van der Waals surface area (Å²) in [6.45, 7) is 2.85. The van der Waals surface area contributed by atoms with Crippen molar-refractivity contribution in [1.82, 2.24) is 9.62 Å². The van der Waals surface area contributed by atoms with E-state index in [4.69, 9.17) is 0 Å². The normalized spacial score (nSPS) is 24.4. The van der Waals surface area contributed by atoms with Crippen molar-refractivity contribution in [3.8, 4) is 0 Å². The third-order valence-corrected chi connectivity index (χ3v) is 5.53. The molecule has 1 saturated carbocycles. The Bertz CT molecular complexity index is 393. The molecule has 5 nitrogen and oxygen atoms in total. The van der Waals surface area contributed by atoms with Crippen LogP contribution >= 0.6 is 0 Å². The first-order chi connectivity index (χ1) is 8.81. The number of sulfonamides is 1. The Labute approximate surface area is 116 Å². The molecule has 0 aromatic carbocycles. The van der Waals surface area contributed by atoms with Crippen LogP contribution in [0.4, 0.5) is 0 Å². The first-order valence-corrected chi connectivity index (χ1v) is 8.59. The van der Waals surface area contributed by atoms with Gasteiger partial charge >= 0.3 is 0 Å². The van der Waals surface area contributed by atoms with Crippen LogP contribution in [-0.2, 0) is 14.8 Å². The molecule has 0 aliphatic heterocycles. The maximum Gasteiger partial charge on any atom is 0.236 e. The maximum atomic E-state index is 11.6. The largest absolute Gasteiger partial charge is 0.355 e. The fourth-order valence-corrected chi connectivity index (χ4v) is 3.28. The Balaban J connectivity index is 2.24. The average molecular weight is 290 g/mol. The number of carbonyl (C=O) groups is 1. The van der Waals surface area contributed by atoms with Gasteiger partial charge in [0.1, 0.15) is 5.75 Å². The molecule has 0 heterocycles. The van der Waals surface area contributed by atoms with Gasteiger partial charge in [-0.15, -0.1) is 0 Å². The van der Waals surface area contributed by atoms with Gasteiger partial charge in [0, 0.05) is 20.6 Å². The van der Waals surface area contributed by atoms with Gasteiger partial charge in [0.15, 0.2) is 0 Å². The van der Waals surface area contributed by atoms with E-state index in [1.165, 1.54) is 39.8 Å². The first kappa shape index (κ1) is 16.4. The average Bonchev–Trinajstić information content (AvgIpc) is 2.28. The van der Waals surface area contributed by atoms with Gasteiger partial charge in [-0.25, -0.2) is 12.7 Å². The molecule has 1 aliphatic rings. The number of amides is 1. The molecule has 112 valence electrons. The molecule has 6 heteroatoms. The molecule has 1 rings (SSSR count). The van der Waals surface area contributed by atoms with E-state index < -0.39 is 21.7 Å². The number of rotatable bonds is 6. The predicted molar refractivity (Wildman–Crippen MR) is 76.2 cm³/mol. The highest BCUT2D eigenvalue weighted by molar-refractivity contribution is 7.89. The zero-order valence-corrected chi connectivity index (χ0v) is 13.0. The molecular formula is C13H26N2O3S. The van der Waals surface area contributed by atoms with Crippen LogP contribution in [0.5, 0.6) is 0 Å². The van der Waals surface area contributed by atoms with E-state index >= 15 is 0 Å². The molecule has 19 heavy (non-hydrogen) atoms. The second-order valence-electron chi connectivity index (χ2n) is 5.82. The van der Waals surface area contributed by atoms with Crippen LogP contribution in [0.2, 0.25) is 0 Å². The van der Waals surface area contributed by atoms with Crippen LogP contribution in [0.15, 0.2) is 0 Å². The maximum absolute atomic E-state index is 11.6. The van der Waals surface area contributed by atoms with Crippen LogP contribution in [0.3, 0.4) is 0 Å². The highest BCUT2D eigenvalue weighted by Crippen LogP contribution is 2.30. The van der Waals surface area contributed by atoms with Gasteiger partial charge in [0.05, 0.1) is 0 Å². The fourth-order valence-electron chi connectivity index (χ4n) is 2.58. The van der Waals surface area contributed by atoms with Crippen molar-refractivity contribution in [3.05, 3.63) is 0 Å². The van der Waals surface area contributed by atoms with Crippen molar-refractivity contribution >= 4 is 15.9 Å². The van der Waals surface area contributed by atoms with Crippen molar-refractivity contribution in [2.45, 2.75) is 39.0 Å². The number of hydrogen-bond acceptors (Lipinski definition) is 3. The molecule has 1 amide bonds. The lowest BCUT2D eigenvalue weighted by atomic mass is 9.81. The monoisotopic (exact) mass is 290 g/mol. The SMILES string of the molecule is C[C@H]1CCC[C@H](CCNC(=O)CS(=O)(=O)N(C)C)C1. The molecule has 1 aliphatic carbocycles. The lowest BCUT2D eigenvalue weighted by Crippen LogP contribution is -2.36. The Hall–Kier alpha value is -0.620. The molecular weight excluding hydrogens is 264 g/mol. The third kappa shape index (κ3) is 5.91. The van der Waals surface area contributed by atoms with Gasteiger partial charge in [-0.05, 0) is 24.7 Å². The highest BCUT2D eigenvalue weighted by Gasteiger charge is 2.20. The molecule has 1 N–H and O–H groups in total. The van der Waals surface area contributed by atoms with Crippen LogP contribution < -0.4 is 5.32 Å². The van der Waals surface area contributed by atoms with Crippen molar-refractivity contribution < 1.29 is 13.2 Å². The van der Waals surface area contributed by atoms with Gasteiger partial charge in [0.25, 0.3) is 0 Å². The van der Waals surface area contributed by atoms with E-state index in [0.717, 1.165) is 16.6 Å². The Morgan fingerprint density at radius 3 is 2.58 bits per heavy atom. The molecule has 0 saturated heterocycles. The molecule has 0 aromatic heterocycles. The predicted octanol–water partition coefficient (Wildman–Crippen LogP) is 1.21. The number of carbonyl (C=O) groups excluding carboxylic acids is 1. The summed E-state index contributed by atoms with van der Waals surface area (Å²) in [6, 6.07) is 0. The summed E-state index contributed by atoms with van der Waals surface area (Å²) in [6.07, 6.45) is 6.00. The smallest absolute Gasteiger partial charge is 0.236 e. The van der Waals surface area contributed by atoms with E-state index in [2.05, 4.69) is 12.2 Å². The minimum absolute atomic E-state index is 0.405. The van der Waals surface area contributed by atoms with E-state index in [0.29, 0.717) is 12.5 Å². The molecule has 1 fully saturated rings. The molecule has 2 atom stereocenters. The minimum Gasteiger partial charge on any atom is -0.355 e. The molecule has 0 spiro atoms. The summed E-state index contributed by atoms with van der Waals surface area (Å²) < 4.78 is 24.1. The van der Waals surface area contributed by atoms with Gasteiger partial charge in [-0.1, -0.05) is 26.2 Å². The summed E-state index contributed by atoms with van der Waals surface area (Å²) in [7, 11) is -0.567. The van der Waals surface area contributed by atoms with Gasteiger partial charge in [-0.3, -0.25) is 4.79 Å². The number of nitrogens with zero attached hydrogens (tertiary/aromatic N) is 1. The fraction of sp³-hybridized carbons (Fsp3) is 0.923. The minimum atomic E-state index is -3.44. The van der Waals surface area contributed by atoms with Crippen molar-refractivity contribution in [1.29, 1.82) is 0 Å². The summed E-state index contributed by atoms with van der Waals surface area (Å²) >= 11 is 0. The van der Waals surface area contributed by atoms with E-state index in [-0.39, 0.29) is 0 Å². The topological polar surface area (TPSA) is 66.5 Å². The number of nitrogens with one attached hydrogen (secondary N) is 1. The zero-order chi connectivity index (χ0) is 14.5. The van der Waals surface area contributed by atoms with E-state index in [1.807, 2.05) is 0 Å². The van der Waals surface area contributed by atoms with Crippen molar-refractivity contribution in [3.63, 3.8) is 0 Å². The van der Waals surface area contributed by atoms with Crippen molar-refractivity contribution in [2.24, 2.45) is 11.8 Å². The summed E-state index contributed by atoms with van der Waals surface area (Å²) in [4.78, 5) is 11.6. The molecule has 0 bridgehead atoms. The summed E-state index contributed by atoms with van der Waals surface area (Å²) in [5, 5.41) is 2.71. The van der Waals surface area contributed by atoms with Crippen LogP contribution in [-0.4, -0.2) is 45.0 Å². The lowest BCUT2D eigenvalue weighted by Gasteiger charge is -2.26. The summed E-state index contributed by atoms with van der Waals surface area (Å²) in [5.41, 5.74) is 0.